The van der Waals surface area contributed by atoms with E-state index in [2.05, 4.69) is 10.2 Å². The van der Waals surface area contributed by atoms with Gasteiger partial charge in [-0.3, -0.25) is 9.69 Å². The van der Waals surface area contributed by atoms with Crippen LogP contribution in [0.2, 0.25) is 0 Å². The standard InChI is InChI=1S/C23H23FN2O5/c24-18-6-4-15(5-7-18)20(23(30)31-19-13-26-10-8-14(19)9-11-26)25-21(27)16-2-1-3-17(12-16)22(28)29/h1-7,12,14,19-20H,8-11,13H2,(H,25,27)(H,28,29)/t19-,20?/m0/s1. The molecule has 0 aromatic heterocycles. The zero-order valence-corrected chi connectivity index (χ0v) is 16.8. The third-order valence-corrected chi connectivity index (χ3v) is 5.95. The maximum Gasteiger partial charge on any atom is 0.335 e. The van der Waals surface area contributed by atoms with E-state index in [1.54, 1.807) is 0 Å². The first kappa shape index (κ1) is 21.0. The summed E-state index contributed by atoms with van der Waals surface area (Å²) in [7, 11) is 0. The number of ether oxygens (including phenoxy) is 1. The summed E-state index contributed by atoms with van der Waals surface area (Å²) >= 11 is 0. The van der Waals surface area contributed by atoms with Gasteiger partial charge in [0.2, 0.25) is 0 Å². The van der Waals surface area contributed by atoms with Gasteiger partial charge in [-0.1, -0.05) is 18.2 Å². The van der Waals surface area contributed by atoms with Crippen LogP contribution in [0.3, 0.4) is 0 Å². The molecule has 5 rings (SSSR count). The Balaban J connectivity index is 1.55. The second-order valence-corrected chi connectivity index (χ2v) is 7.96. The number of carbonyl (C=O) groups is 3. The van der Waals surface area contributed by atoms with E-state index in [1.807, 2.05) is 0 Å². The monoisotopic (exact) mass is 426 g/mol. The molecule has 8 heteroatoms. The summed E-state index contributed by atoms with van der Waals surface area (Å²) in [5.74, 6) is -2.57. The normalized spacial score (nSPS) is 23.1. The third-order valence-electron chi connectivity index (χ3n) is 5.95. The fourth-order valence-corrected chi connectivity index (χ4v) is 4.20. The van der Waals surface area contributed by atoms with Gasteiger partial charge in [-0.05, 0) is 67.7 Å². The number of fused-ring (bicyclic) bond motifs is 3. The van der Waals surface area contributed by atoms with Crippen molar-refractivity contribution in [1.29, 1.82) is 0 Å². The number of carboxylic acids is 1. The van der Waals surface area contributed by atoms with Crippen LogP contribution < -0.4 is 5.32 Å². The van der Waals surface area contributed by atoms with Gasteiger partial charge in [0.05, 0.1) is 5.56 Å². The van der Waals surface area contributed by atoms with Crippen LogP contribution in [-0.4, -0.2) is 53.6 Å². The zero-order valence-electron chi connectivity index (χ0n) is 16.8. The number of amides is 1. The molecule has 7 nitrogen and oxygen atoms in total. The molecular weight excluding hydrogens is 403 g/mol. The van der Waals surface area contributed by atoms with Gasteiger partial charge in [0.15, 0.2) is 6.04 Å². The quantitative estimate of drug-likeness (QED) is 0.690. The molecule has 3 aliphatic rings. The number of esters is 1. The van der Waals surface area contributed by atoms with Gasteiger partial charge in [-0.15, -0.1) is 0 Å². The number of hydrogen-bond acceptors (Lipinski definition) is 5. The predicted molar refractivity (Wildman–Crippen MR) is 109 cm³/mol. The highest BCUT2D eigenvalue weighted by molar-refractivity contribution is 5.99. The highest BCUT2D eigenvalue weighted by Crippen LogP contribution is 2.30. The summed E-state index contributed by atoms with van der Waals surface area (Å²) in [5.41, 5.74) is 0.443. The molecule has 3 fully saturated rings. The lowest BCUT2D eigenvalue weighted by atomic mass is 9.86. The molecule has 3 aliphatic heterocycles. The number of halogens is 1. The average Bonchev–Trinajstić information content (AvgIpc) is 2.79. The number of carbonyl (C=O) groups excluding carboxylic acids is 2. The Hall–Kier alpha value is -3.26. The summed E-state index contributed by atoms with van der Waals surface area (Å²) in [6, 6.07) is 9.65. The molecule has 1 amide bonds. The number of piperidine rings is 3. The van der Waals surface area contributed by atoms with E-state index in [4.69, 9.17) is 9.84 Å². The van der Waals surface area contributed by atoms with Gasteiger partial charge >= 0.3 is 11.9 Å². The highest BCUT2D eigenvalue weighted by Gasteiger charge is 2.38. The predicted octanol–water partition coefficient (Wildman–Crippen LogP) is 2.63. The summed E-state index contributed by atoms with van der Waals surface area (Å²) < 4.78 is 19.2. The van der Waals surface area contributed by atoms with E-state index in [1.165, 1.54) is 48.5 Å². The Morgan fingerprint density at radius 3 is 2.35 bits per heavy atom. The minimum absolute atomic E-state index is 0.0409. The van der Waals surface area contributed by atoms with Crippen LogP contribution in [-0.2, 0) is 9.53 Å². The Morgan fingerprint density at radius 1 is 1.06 bits per heavy atom. The van der Waals surface area contributed by atoms with Crippen molar-refractivity contribution in [2.75, 3.05) is 19.6 Å². The minimum atomic E-state index is -1.16. The Labute approximate surface area is 178 Å². The number of aromatic carboxylic acids is 1. The van der Waals surface area contributed by atoms with Crippen molar-refractivity contribution in [3.8, 4) is 0 Å². The number of rotatable bonds is 6. The van der Waals surface area contributed by atoms with E-state index in [0.29, 0.717) is 18.0 Å². The molecule has 3 saturated heterocycles. The van der Waals surface area contributed by atoms with E-state index in [9.17, 15) is 18.8 Å². The molecule has 2 atom stereocenters. The maximum atomic E-state index is 13.4. The van der Waals surface area contributed by atoms with E-state index >= 15 is 0 Å². The second kappa shape index (κ2) is 8.85. The fraction of sp³-hybridized carbons (Fsp3) is 0.348. The summed E-state index contributed by atoms with van der Waals surface area (Å²) in [6.07, 6.45) is 1.69. The van der Waals surface area contributed by atoms with E-state index in [0.717, 1.165) is 25.9 Å². The zero-order chi connectivity index (χ0) is 22.0. The Kier molecular flexibility index (Phi) is 5.99. The molecule has 0 aliphatic carbocycles. The summed E-state index contributed by atoms with van der Waals surface area (Å²) in [5, 5.41) is 11.8. The van der Waals surface area contributed by atoms with Gasteiger partial charge in [0, 0.05) is 12.1 Å². The molecule has 31 heavy (non-hydrogen) atoms. The van der Waals surface area contributed by atoms with Gasteiger partial charge in [-0.2, -0.15) is 0 Å². The molecule has 0 saturated carbocycles. The SMILES string of the molecule is O=C(O)c1cccc(C(=O)NC(C(=O)O[C@H]2CN3CCC2CC3)c2ccc(F)cc2)c1. The van der Waals surface area contributed by atoms with Crippen LogP contribution in [0, 0.1) is 11.7 Å². The first-order valence-corrected chi connectivity index (χ1v) is 10.2. The van der Waals surface area contributed by atoms with Gasteiger partial charge in [0.1, 0.15) is 11.9 Å². The number of carboxylic acid groups (broad SMARTS) is 1. The number of hydrogen-bond donors (Lipinski definition) is 2. The van der Waals surface area contributed by atoms with Crippen LogP contribution in [0.25, 0.3) is 0 Å². The third kappa shape index (κ3) is 4.74. The number of nitrogens with zero attached hydrogens (tertiary/aromatic N) is 1. The molecular formula is C23H23FN2O5. The van der Waals surface area contributed by atoms with E-state index < -0.39 is 29.7 Å². The van der Waals surface area contributed by atoms with Crippen molar-refractivity contribution >= 4 is 17.8 Å². The summed E-state index contributed by atoms with van der Waals surface area (Å²) in [4.78, 5) is 39.3. The molecule has 0 radical (unpaired) electrons. The van der Waals surface area contributed by atoms with Crippen LogP contribution >= 0.6 is 0 Å². The molecule has 2 aromatic rings. The lowest BCUT2D eigenvalue weighted by Gasteiger charge is -2.44. The Bertz CT molecular complexity index is 986. The topological polar surface area (TPSA) is 95.9 Å². The lowest BCUT2D eigenvalue weighted by Crippen LogP contribution is -2.52. The summed E-state index contributed by atoms with van der Waals surface area (Å²) in [6.45, 7) is 2.66. The second-order valence-electron chi connectivity index (χ2n) is 7.96. The van der Waals surface area contributed by atoms with Gasteiger partial charge in [0.25, 0.3) is 5.91 Å². The van der Waals surface area contributed by atoms with Gasteiger partial charge < -0.3 is 15.2 Å². The molecule has 162 valence electrons. The fourth-order valence-electron chi connectivity index (χ4n) is 4.20. The van der Waals surface area contributed by atoms with Crippen LogP contribution in [0.5, 0.6) is 0 Å². The largest absolute Gasteiger partial charge is 0.478 e. The van der Waals surface area contributed by atoms with Crippen molar-refractivity contribution in [1.82, 2.24) is 10.2 Å². The number of nitrogens with one attached hydrogen (secondary N) is 1. The van der Waals surface area contributed by atoms with Crippen molar-refractivity contribution in [3.05, 3.63) is 71.0 Å². The smallest absolute Gasteiger partial charge is 0.335 e. The molecule has 0 spiro atoms. The van der Waals surface area contributed by atoms with E-state index in [-0.39, 0.29) is 17.2 Å². The first-order chi connectivity index (χ1) is 14.9. The van der Waals surface area contributed by atoms with Crippen molar-refractivity contribution in [2.24, 2.45) is 5.92 Å². The molecule has 2 bridgehead atoms. The molecule has 1 unspecified atom stereocenters. The number of benzene rings is 2. The van der Waals surface area contributed by atoms with Crippen LogP contribution in [0.15, 0.2) is 48.5 Å². The van der Waals surface area contributed by atoms with Crippen molar-refractivity contribution in [3.63, 3.8) is 0 Å². The van der Waals surface area contributed by atoms with Crippen LogP contribution in [0.1, 0.15) is 45.2 Å². The lowest BCUT2D eigenvalue weighted by molar-refractivity contribution is -0.161. The van der Waals surface area contributed by atoms with Crippen molar-refractivity contribution in [2.45, 2.75) is 25.0 Å². The minimum Gasteiger partial charge on any atom is -0.478 e. The van der Waals surface area contributed by atoms with Crippen molar-refractivity contribution < 1.29 is 28.6 Å². The molecule has 2 N–H and O–H groups in total. The average molecular weight is 426 g/mol. The molecule has 3 heterocycles. The Morgan fingerprint density at radius 2 is 1.74 bits per heavy atom. The highest BCUT2D eigenvalue weighted by atomic mass is 19.1. The first-order valence-electron chi connectivity index (χ1n) is 10.2. The van der Waals surface area contributed by atoms with Gasteiger partial charge in [-0.25, -0.2) is 14.0 Å². The van der Waals surface area contributed by atoms with Crippen LogP contribution in [0.4, 0.5) is 4.39 Å². The maximum absolute atomic E-state index is 13.4. The molecule has 2 aromatic carbocycles.